The molecule has 2 fully saturated rings. The van der Waals surface area contributed by atoms with Crippen LogP contribution in [0.5, 0.6) is 5.75 Å². The Bertz CT molecular complexity index is 714. The Morgan fingerprint density at radius 3 is 2.43 bits per heavy atom. The van der Waals surface area contributed by atoms with Crippen molar-refractivity contribution in [3.05, 3.63) is 47.1 Å². The lowest BCUT2D eigenvalue weighted by Crippen LogP contribution is -2.17. The van der Waals surface area contributed by atoms with Crippen molar-refractivity contribution in [2.75, 3.05) is 27.2 Å². The van der Waals surface area contributed by atoms with Crippen molar-refractivity contribution < 1.29 is 4.74 Å². The summed E-state index contributed by atoms with van der Waals surface area (Å²) < 4.78 is 6.26. The number of likely N-dealkylation sites (tertiary alicyclic amines) is 1. The molecular formula is C22H37N5O. The van der Waals surface area contributed by atoms with E-state index in [1.807, 2.05) is 0 Å². The van der Waals surface area contributed by atoms with E-state index >= 15 is 0 Å². The maximum absolute atomic E-state index is 7.30. The Balaban J connectivity index is 0.000000219. The molecule has 1 atom stereocenters. The Morgan fingerprint density at radius 1 is 1.29 bits per heavy atom. The van der Waals surface area contributed by atoms with E-state index in [1.165, 1.54) is 48.1 Å². The molecule has 1 aromatic rings. The van der Waals surface area contributed by atoms with E-state index in [2.05, 4.69) is 37.9 Å². The lowest BCUT2D eigenvalue weighted by molar-refractivity contribution is 0.411. The van der Waals surface area contributed by atoms with Crippen LogP contribution in [-0.4, -0.2) is 49.1 Å². The van der Waals surface area contributed by atoms with Gasteiger partial charge in [-0.3, -0.25) is 15.4 Å². The van der Waals surface area contributed by atoms with Gasteiger partial charge in [-0.2, -0.15) is 0 Å². The molecule has 0 unspecified atom stereocenters. The van der Waals surface area contributed by atoms with Crippen LogP contribution in [-0.2, 0) is 0 Å². The molecule has 2 aliphatic rings. The van der Waals surface area contributed by atoms with Crippen molar-refractivity contribution >= 4 is 6.34 Å². The number of allylic oxidation sites excluding steroid dienone is 2. The highest BCUT2D eigenvalue weighted by atomic mass is 16.5. The molecule has 4 N–H and O–H groups in total. The first-order valence-electron chi connectivity index (χ1n) is 10.1. The molecule has 3 rings (SSSR count). The number of methoxy groups -OCH3 is 1. The summed E-state index contributed by atoms with van der Waals surface area (Å²) >= 11 is 0. The highest BCUT2D eigenvalue weighted by Gasteiger charge is 2.19. The Hall–Kier alpha value is -2.18. The van der Waals surface area contributed by atoms with Crippen molar-refractivity contribution in [2.45, 2.75) is 52.0 Å². The molecule has 1 saturated carbocycles. The van der Waals surface area contributed by atoms with Gasteiger partial charge in [0.15, 0.2) is 0 Å². The third-order valence-corrected chi connectivity index (χ3v) is 4.91. The third-order valence-electron chi connectivity index (χ3n) is 4.91. The number of nitrogens with one attached hydrogen (secondary N) is 2. The maximum atomic E-state index is 7.30. The number of pyridine rings is 1. The molecule has 6 heteroatoms. The topological polar surface area (TPSA) is 91.1 Å². The number of hydrogen-bond acceptors (Lipinski definition) is 5. The summed E-state index contributed by atoms with van der Waals surface area (Å²) in [4.78, 5) is 2.36. The molecule has 1 aliphatic carbocycles. The summed E-state index contributed by atoms with van der Waals surface area (Å²) in [6.07, 6.45) is 13.3. The number of nitrogens with zero attached hydrogens (tertiary/aromatic N) is 2. The van der Waals surface area contributed by atoms with Crippen molar-refractivity contribution in [3.8, 4) is 5.75 Å². The second-order valence-electron chi connectivity index (χ2n) is 7.03. The molecule has 6 nitrogen and oxygen atoms in total. The van der Waals surface area contributed by atoms with E-state index in [4.69, 9.17) is 21.3 Å². The minimum atomic E-state index is 0.265. The first kappa shape index (κ1) is 23.9. The highest BCUT2D eigenvalue weighted by molar-refractivity contribution is 5.54. The van der Waals surface area contributed by atoms with E-state index in [-0.39, 0.29) is 5.49 Å². The zero-order chi connectivity index (χ0) is 20.9. The number of aromatic nitrogens is 1. The molecule has 1 aromatic heterocycles. The van der Waals surface area contributed by atoms with Crippen molar-refractivity contribution in [3.63, 3.8) is 0 Å². The van der Waals surface area contributed by atoms with Gasteiger partial charge in [-0.05, 0) is 82.4 Å². The number of ether oxygens (including phenoxy) is 1. The lowest BCUT2D eigenvalue weighted by Gasteiger charge is -2.04. The average Bonchev–Trinajstić information content (AvgIpc) is 3.32. The largest absolute Gasteiger partial charge is 0.495 e. The average molecular weight is 388 g/mol. The van der Waals surface area contributed by atoms with E-state index < -0.39 is 0 Å². The smallest absolute Gasteiger partial charge is 0.135 e. The molecule has 0 aromatic carbocycles. The van der Waals surface area contributed by atoms with Gasteiger partial charge in [0.1, 0.15) is 11.2 Å². The van der Waals surface area contributed by atoms with Gasteiger partial charge in [-0.25, -0.2) is 0 Å². The minimum Gasteiger partial charge on any atom is -0.495 e. The van der Waals surface area contributed by atoms with Crippen LogP contribution in [0.3, 0.4) is 0 Å². The van der Waals surface area contributed by atoms with Gasteiger partial charge < -0.3 is 15.4 Å². The summed E-state index contributed by atoms with van der Waals surface area (Å²) in [5.74, 6) is 0.643. The first-order valence-corrected chi connectivity index (χ1v) is 10.1. The number of hydrogen-bond donors (Lipinski definition) is 3. The summed E-state index contributed by atoms with van der Waals surface area (Å²) in [5.41, 5.74) is 9.01. The Morgan fingerprint density at radius 2 is 1.96 bits per heavy atom. The van der Waals surface area contributed by atoms with Crippen LogP contribution in [0, 0.1) is 10.8 Å². The number of nitrogens with two attached hydrogens (primary N) is 1. The highest BCUT2D eigenvalue weighted by Crippen LogP contribution is 2.29. The van der Waals surface area contributed by atoms with Crippen molar-refractivity contribution in [1.82, 2.24) is 9.47 Å². The van der Waals surface area contributed by atoms with Crippen LogP contribution in [0.2, 0.25) is 0 Å². The molecule has 28 heavy (non-hydrogen) atoms. The Labute approximate surface area is 169 Å². The quantitative estimate of drug-likeness (QED) is 0.547. The summed E-state index contributed by atoms with van der Waals surface area (Å²) in [7, 11) is 3.72. The van der Waals surface area contributed by atoms with Crippen LogP contribution in [0.4, 0.5) is 0 Å². The molecule has 0 spiro atoms. The van der Waals surface area contributed by atoms with Gasteiger partial charge in [0.2, 0.25) is 0 Å². The fourth-order valence-corrected chi connectivity index (χ4v) is 3.31. The van der Waals surface area contributed by atoms with Crippen molar-refractivity contribution in [1.29, 1.82) is 10.8 Å². The van der Waals surface area contributed by atoms with Gasteiger partial charge in [0.25, 0.3) is 0 Å². The fraction of sp³-hybridized carbons (Fsp3) is 0.545. The zero-order valence-corrected chi connectivity index (χ0v) is 17.9. The number of rotatable bonds is 3. The molecule has 0 radical (unpaired) electrons. The lowest BCUT2D eigenvalue weighted by atomic mass is 10.1. The second kappa shape index (κ2) is 13.1. The molecule has 1 aliphatic heterocycles. The summed E-state index contributed by atoms with van der Waals surface area (Å²) in [5, 5.41) is 14.2. The van der Waals surface area contributed by atoms with E-state index in [9.17, 15) is 0 Å². The third kappa shape index (κ3) is 7.82. The van der Waals surface area contributed by atoms with Crippen LogP contribution in [0.25, 0.3) is 0 Å². The Kier molecular flexibility index (Phi) is 11.1. The predicted octanol–water partition coefficient (Wildman–Crippen LogP) is 3.53. The van der Waals surface area contributed by atoms with E-state index in [0.29, 0.717) is 11.8 Å². The second-order valence-corrected chi connectivity index (χ2v) is 7.03. The molecule has 156 valence electrons. The van der Waals surface area contributed by atoms with Gasteiger partial charge in [0, 0.05) is 6.04 Å². The van der Waals surface area contributed by atoms with Crippen LogP contribution >= 0.6 is 0 Å². The minimum absolute atomic E-state index is 0.265. The van der Waals surface area contributed by atoms with Crippen LogP contribution in [0.1, 0.15) is 46.0 Å². The zero-order valence-electron chi connectivity index (χ0n) is 17.9. The monoisotopic (exact) mass is 387 g/mol. The van der Waals surface area contributed by atoms with E-state index in [0.717, 1.165) is 19.2 Å². The summed E-state index contributed by atoms with van der Waals surface area (Å²) in [6.45, 7) is 6.88. The molecular weight excluding hydrogens is 350 g/mol. The summed E-state index contributed by atoms with van der Waals surface area (Å²) in [6, 6.07) is 3.56. The molecule has 2 heterocycles. The molecule has 0 amide bonds. The normalized spacial score (nSPS) is 21.7. The van der Waals surface area contributed by atoms with Gasteiger partial charge in [-0.15, -0.1) is 0 Å². The van der Waals surface area contributed by atoms with Gasteiger partial charge in [-0.1, -0.05) is 19.1 Å². The predicted molar refractivity (Wildman–Crippen MR) is 117 cm³/mol. The van der Waals surface area contributed by atoms with Gasteiger partial charge >= 0.3 is 0 Å². The van der Waals surface area contributed by atoms with Gasteiger partial charge in [0.05, 0.1) is 19.6 Å². The van der Waals surface area contributed by atoms with Crippen LogP contribution < -0.4 is 16.0 Å². The van der Waals surface area contributed by atoms with Crippen molar-refractivity contribution in [2.24, 2.45) is 5.73 Å². The first-order chi connectivity index (χ1) is 13.5. The fourth-order valence-electron chi connectivity index (χ4n) is 3.31. The van der Waals surface area contributed by atoms with E-state index in [1.54, 1.807) is 25.4 Å². The standard InChI is InChI=1S/C10H17N.C7H9N3O.C5H11N/c1-3-5-8-6-7-10(11)9(8)4-2;1-11-6-2-3-7(9)10(4-6)5-8;1-6-4-2-3-5-6/h4-5,10H,3,6-7,11H2,1-2H3;2-5,8-9H,1H3;2-5H2,1H3/b8-5-,9-4+;;/t10-;;/m0../s1. The maximum Gasteiger partial charge on any atom is 0.135 e. The van der Waals surface area contributed by atoms with Crippen LogP contribution in [0.15, 0.2) is 41.6 Å². The molecule has 1 saturated heterocycles. The molecule has 0 bridgehead atoms. The SMILES string of the molecule is C/C=C1\C(=C/CC)CC[C@@H]1N.CN1CCCC1.COc1ccc(=N)n(C=N)c1.